The number of carbonyl (C=O) groups is 2. The van der Waals surface area contributed by atoms with Gasteiger partial charge in [0, 0.05) is 17.6 Å². The van der Waals surface area contributed by atoms with E-state index in [1.54, 1.807) is 31.9 Å². The number of amides is 2. The minimum absolute atomic E-state index is 0.0477. The molecule has 0 aliphatic carbocycles. The number of anilines is 1. The highest BCUT2D eigenvalue weighted by Crippen LogP contribution is 2.22. The molecule has 0 aliphatic heterocycles. The Morgan fingerprint density at radius 2 is 2.04 bits per heavy atom. The maximum Gasteiger partial charge on any atom is 0.408 e. The topological polar surface area (TPSA) is 71.5 Å². The van der Waals surface area contributed by atoms with Gasteiger partial charge in [-0.2, -0.15) is 0 Å². The number of aromatic nitrogens is 1. The third-order valence-electron chi connectivity index (χ3n) is 2.95. The number of ether oxygens (including phenoxy) is 1. The SMILES string of the molecule is CCCC(NC(=O)OC(C)(C)C)C(=O)N(c1nccs1)C(C)C. The molecule has 1 unspecified atom stereocenters. The lowest BCUT2D eigenvalue weighted by molar-refractivity contribution is -0.121. The van der Waals surface area contributed by atoms with Crippen molar-refractivity contribution >= 4 is 28.5 Å². The quantitative estimate of drug-likeness (QED) is 0.858. The van der Waals surface area contributed by atoms with E-state index in [4.69, 9.17) is 4.74 Å². The normalized spacial score (nSPS) is 12.8. The van der Waals surface area contributed by atoms with Crippen LogP contribution in [0.25, 0.3) is 0 Å². The number of alkyl carbamates (subject to hydrolysis) is 1. The first-order valence-electron chi connectivity index (χ1n) is 7.87. The van der Waals surface area contributed by atoms with Crippen molar-refractivity contribution in [2.24, 2.45) is 0 Å². The van der Waals surface area contributed by atoms with Crippen molar-refractivity contribution in [1.82, 2.24) is 10.3 Å². The summed E-state index contributed by atoms with van der Waals surface area (Å²) in [6.07, 6.45) is 2.41. The molecule has 1 N–H and O–H groups in total. The van der Waals surface area contributed by atoms with Gasteiger partial charge in [0.25, 0.3) is 5.91 Å². The maximum absolute atomic E-state index is 12.9. The fourth-order valence-corrected chi connectivity index (χ4v) is 2.85. The van der Waals surface area contributed by atoms with E-state index in [1.165, 1.54) is 11.3 Å². The van der Waals surface area contributed by atoms with Crippen LogP contribution in [-0.2, 0) is 9.53 Å². The second-order valence-electron chi connectivity index (χ2n) is 6.60. The van der Waals surface area contributed by atoms with Crippen molar-refractivity contribution in [2.45, 2.75) is 72.1 Å². The molecule has 7 heteroatoms. The third-order valence-corrected chi connectivity index (χ3v) is 3.72. The standard InChI is InChI=1S/C16H27N3O3S/c1-7-8-12(18-15(21)22-16(4,5)6)13(20)19(11(2)3)14-17-9-10-23-14/h9-12H,7-8H2,1-6H3,(H,18,21). The van der Waals surface area contributed by atoms with Crippen molar-refractivity contribution in [3.05, 3.63) is 11.6 Å². The van der Waals surface area contributed by atoms with Crippen molar-refractivity contribution in [3.8, 4) is 0 Å². The summed E-state index contributed by atoms with van der Waals surface area (Å²) in [7, 11) is 0. The Morgan fingerprint density at radius 3 is 2.48 bits per heavy atom. The molecule has 0 aromatic carbocycles. The van der Waals surface area contributed by atoms with Gasteiger partial charge in [-0.25, -0.2) is 9.78 Å². The molecule has 1 atom stereocenters. The van der Waals surface area contributed by atoms with E-state index in [-0.39, 0.29) is 11.9 Å². The lowest BCUT2D eigenvalue weighted by atomic mass is 10.1. The summed E-state index contributed by atoms with van der Waals surface area (Å²) in [5.41, 5.74) is -0.600. The lowest BCUT2D eigenvalue weighted by Crippen LogP contribution is -2.51. The van der Waals surface area contributed by atoms with Gasteiger partial charge in [0.15, 0.2) is 5.13 Å². The van der Waals surface area contributed by atoms with E-state index in [0.29, 0.717) is 11.6 Å². The van der Waals surface area contributed by atoms with E-state index < -0.39 is 17.7 Å². The fourth-order valence-electron chi connectivity index (χ4n) is 2.07. The summed E-state index contributed by atoms with van der Waals surface area (Å²) in [6.45, 7) is 11.2. The predicted molar refractivity (Wildman–Crippen MR) is 92.8 cm³/mol. The van der Waals surface area contributed by atoms with Crippen LogP contribution in [0.1, 0.15) is 54.4 Å². The van der Waals surface area contributed by atoms with Crippen molar-refractivity contribution in [3.63, 3.8) is 0 Å². The highest BCUT2D eigenvalue weighted by molar-refractivity contribution is 7.13. The highest BCUT2D eigenvalue weighted by atomic mass is 32.1. The van der Waals surface area contributed by atoms with Crippen molar-refractivity contribution in [1.29, 1.82) is 0 Å². The molecule has 2 amide bonds. The van der Waals surface area contributed by atoms with Gasteiger partial charge in [-0.1, -0.05) is 13.3 Å². The van der Waals surface area contributed by atoms with E-state index >= 15 is 0 Å². The smallest absolute Gasteiger partial charge is 0.408 e. The molecule has 23 heavy (non-hydrogen) atoms. The zero-order chi connectivity index (χ0) is 17.6. The average molecular weight is 341 g/mol. The Labute approximate surface area is 142 Å². The van der Waals surface area contributed by atoms with Crippen LogP contribution in [-0.4, -0.2) is 34.7 Å². The summed E-state index contributed by atoms with van der Waals surface area (Å²) >= 11 is 1.40. The Morgan fingerprint density at radius 1 is 1.39 bits per heavy atom. The Balaban J connectivity index is 2.90. The number of rotatable bonds is 6. The van der Waals surface area contributed by atoms with E-state index in [2.05, 4.69) is 10.3 Å². The molecule has 1 rings (SSSR count). The molecule has 1 heterocycles. The number of nitrogens with one attached hydrogen (secondary N) is 1. The van der Waals surface area contributed by atoms with Crippen LogP contribution < -0.4 is 10.2 Å². The fraction of sp³-hybridized carbons (Fsp3) is 0.688. The average Bonchev–Trinajstić information content (AvgIpc) is 2.89. The Hall–Kier alpha value is -1.63. The summed E-state index contributed by atoms with van der Waals surface area (Å²) < 4.78 is 5.26. The van der Waals surface area contributed by atoms with E-state index in [0.717, 1.165) is 6.42 Å². The molecule has 130 valence electrons. The number of thiazole rings is 1. The molecule has 0 saturated heterocycles. The van der Waals surface area contributed by atoms with Gasteiger partial charge >= 0.3 is 6.09 Å². The van der Waals surface area contributed by atoms with Gasteiger partial charge in [0.2, 0.25) is 0 Å². The van der Waals surface area contributed by atoms with Crippen LogP contribution in [0.15, 0.2) is 11.6 Å². The van der Waals surface area contributed by atoms with Crippen LogP contribution in [0.4, 0.5) is 9.93 Å². The second kappa shape index (κ2) is 8.29. The summed E-state index contributed by atoms with van der Waals surface area (Å²) in [6, 6.07) is -0.672. The lowest BCUT2D eigenvalue weighted by Gasteiger charge is -2.29. The number of nitrogens with zero attached hydrogens (tertiary/aromatic N) is 2. The first-order valence-corrected chi connectivity index (χ1v) is 8.75. The highest BCUT2D eigenvalue weighted by Gasteiger charge is 2.30. The second-order valence-corrected chi connectivity index (χ2v) is 7.48. The van der Waals surface area contributed by atoms with Gasteiger partial charge in [0.05, 0.1) is 0 Å². The number of carbonyl (C=O) groups excluding carboxylic acids is 2. The van der Waals surface area contributed by atoms with Crippen LogP contribution in [0.5, 0.6) is 0 Å². The molecule has 0 saturated carbocycles. The summed E-state index contributed by atoms with van der Waals surface area (Å²) in [5.74, 6) is -0.164. The zero-order valence-corrected chi connectivity index (χ0v) is 15.6. The summed E-state index contributed by atoms with van der Waals surface area (Å²) in [4.78, 5) is 30.8. The van der Waals surface area contributed by atoms with Gasteiger partial charge in [-0.05, 0) is 41.0 Å². The molecular formula is C16H27N3O3S. The zero-order valence-electron chi connectivity index (χ0n) is 14.8. The number of hydrogen-bond donors (Lipinski definition) is 1. The van der Waals surface area contributed by atoms with Crippen molar-refractivity contribution < 1.29 is 14.3 Å². The van der Waals surface area contributed by atoms with Gasteiger partial charge in [0.1, 0.15) is 11.6 Å². The molecule has 0 bridgehead atoms. The van der Waals surface area contributed by atoms with E-state index in [1.807, 2.05) is 26.2 Å². The van der Waals surface area contributed by atoms with Crippen molar-refractivity contribution in [2.75, 3.05) is 4.90 Å². The molecule has 1 aromatic heterocycles. The van der Waals surface area contributed by atoms with Gasteiger partial charge in [-0.3, -0.25) is 9.69 Å². The molecular weight excluding hydrogens is 314 g/mol. The minimum atomic E-state index is -0.624. The van der Waals surface area contributed by atoms with Gasteiger partial charge in [-0.15, -0.1) is 11.3 Å². The summed E-state index contributed by atoms with van der Waals surface area (Å²) in [5, 5.41) is 5.16. The maximum atomic E-state index is 12.9. The molecule has 0 radical (unpaired) electrons. The van der Waals surface area contributed by atoms with Crippen LogP contribution in [0, 0.1) is 0 Å². The molecule has 0 aliphatic rings. The van der Waals surface area contributed by atoms with E-state index in [9.17, 15) is 9.59 Å². The van der Waals surface area contributed by atoms with Crippen LogP contribution in [0.2, 0.25) is 0 Å². The predicted octanol–water partition coefficient (Wildman–Crippen LogP) is 3.58. The monoisotopic (exact) mass is 341 g/mol. The molecule has 0 spiro atoms. The Bertz CT molecular complexity index is 509. The van der Waals surface area contributed by atoms with Crippen LogP contribution >= 0.6 is 11.3 Å². The van der Waals surface area contributed by atoms with Gasteiger partial charge < -0.3 is 10.1 Å². The third kappa shape index (κ3) is 6.17. The number of hydrogen-bond acceptors (Lipinski definition) is 5. The molecule has 6 nitrogen and oxygen atoms in total. The minimum Gasteiger partial charge on any atom is -0.444 e. The molecule has 1 aromatic rings. The Kier molecular flexibility index (Phi) is 7.00. The first kappa shape index (κ1) is 19.4. The first-order chi connectivity index (χ1) is 10.7. The largest absolute Gasteiger partial charge is 0.444 e. The van der Waals surface area contributed by atoms with Crippen LogP contribution in [0.3, 0.4) is 0 Å². The molecule has 0 fully saturated rings.